The summed E-state index contributed by atoms with van der Waals surface area (Å²) in [6, 6.07) is 10.4. The van der Waals surface area contributed by atoms with Crippen LogP contribution in [0.4, 0.5) is 18.9 Å². The smallest absolute Gasteiger partial charge is 0.387 e. The summed E-state index contributed by atoms with van der Waals surface area (Å²) >= 11 is 5.93. The summed E-state index contributed by atoms with van der Waals surface area (Å²) in [5, 5.41) is 2.64. The predicted molar refractivity (Wildman–Crippen MR) is 146 cm³/mol. The second kappa shape index (κ2) is 11.9. The Morgan fingerprint density at radius 2 is 1.80 bits per heavy atom. The zero-order chi connectivity index (χ0) is 29.2. The molecule has 1 aliphatic carbocycles. The van der Waals surface area contributed by atoms with E-state index in [0.717, 1.165) is 18.9 Å². The Balaban J connectivity index is 1.58. The molecule has 1 amide bonds. The summed E-state index contributed by atoms with van der Waals surface area (Å²) in [6.45, 7) is 3.86. The molecule has 212 valence electrons. The van der Waals surface area contributed by atoms with E-state index in [1.165, 1.54) is 12.3 Å². The van der Waals surface area contributed by atoms with E-state index in [-0.39, 0.29) is 27.8 Å². The highest BCUT2D eigenvalue weighted by Gasteiger charge is 2.32. The maximum Gasteiger partial charge on any atom is 0.387 e. The number of aryl methyl sites for hydroxylation is 1. The molecular formula is C30H30ClF3N2O4. The number of carbonyl (C=O) groups excluding carboxylic acids is 2. The minimum Gasteiger partial charge on any atom is -0.456 e. The van der Waals surface area contributed by atoms with Crippen molar-refractivity contribution in [3.05, 3.63) is 76.3 Å². The van der Waals surface area contributed by atoms with E-state index in [9.17, 15) is 22.8 Å². The third-order valence-corrected chi connectivity index (χ3v) is 6.69. The van der Waals surface area contributed by atoms with E-state index in [1.807, 2.05) is 0 Å². The number of ether oxygens (including phenoxy) is 2. The number of nitrogens with one attached hydrogen (secondary N) is 1. The van der Waals surface area contributed by atoms with Gasteiger partial charge in [-0.25, -0.2) is 9.18 Å². The predicted octanol–water partition coefficient (Wildman–Crippen LogP) is 7.93. The number of carbonyl (C=O) groups is 2. The van der Waals surface area contributed by atoms with Crippen LogP contribution >= 0.6 is 11.6 Å². The lowest BCUT2D eigenvalue weighted by atomic mass is 9.93. The molecule has 0 saturated heterocycles. The highest BCUT2D eigenvalue weighted by molar-refractivity contribution is 6.31. The van der Waals surface area contributed by atoms with Gasteiger partial charge in [-0.15, -0.1) is 0 Å². The van der Waals surface area contributed by atoms with E-state index in [2.05, 4.69) is 15.0 Å². The second-order valence-corrected chi connectivity index (χ2v) is 11.2. The molecule has 1 aromatic heterocycles. The first-order valence-electron chi connectivity index (χ1n) is 12.9. The third-order valence-electron chi connectivity index (χ3n) is 6.40. The van der Waals surface area contributed by atoms with Crippen molar-refractivity contribution in [1.29, 1.82) is 0 Å². The number of hydrogen-bond donors (Lipinski definition) is 1. The molecule has 40 heavy (non-hydrogen) atoms. The topological polar surface area (TPSA) is 77.5 Å². The van der Waals surface area contributed by atoms with Gasteiger partial charge < -0.3 is 14.8 Å². The molecular weight excluding hydrogens is 545 g/mol. The molecule has 0 spiro atoms. The van der Waals surface area contributed by atoms with Crippen LogP contribution in [0, 0.1) is 18.7 Å². The number of esters is 1. The Morgan fingerprint density at radius 3 is 2.38 bits per heavy atom. The molecule has 1 saturated carbocycles. The number of amides is 1. The van der Waals surface area contributed by atoms with Crippen LogP contribution in [0.2, 0.25) is 5.02 Å². The second-order valence-electron chi connectivity index (χ2n) is 10.8. The number of pyridine rings is 1. The quantitative estimate of drug-likeness (QED) is 0.263. The summed E-state index contributed by atoms with van der Waals surface area (Å²) < 4.78 is 50.8. The lowest BCUT2D eigenvalue weighted by Gasteiger charge is -2.20. The summed E-state index contributed by atoms with van der Waals surface area (Å²) in [5.41, 5.74) is 1.22. The monoisotopic (exact) mass is 574 g/mol. The van der Waals surface area contributed by atoms with Crippen LogP contribution in [-0.2, 0) is 9.53 Å². The van der Waals surface area contributed by atoms with Gasteiger partial charge in [-0.1, -0.05) is 24.4 Å². The number of alkyl halides is 2. The molecule has 1 N–H and O–H groups in total. The molecule has 1 heterocycles. The van der Waals surface area contributed by atoms with Gasteiger partial charge in [0.15, 0.2) is 5.82 Å². The molecule has 0 bridgehead atoms. The van der Waals surface area contributed by atoms with Gasteiger partial charge in [0.25, 0.3) is 0 Å². The lowest BCUT2D eigenvalue weighted by Crippen LogP contribution is -2.24. The van der Waals surface area contributed by atoms with Gasteiger partial charge in [0.1, 0.15) is 11.4 Å². The zero-order valence-corrected chi connectivity index (χ0v) is 23.3. The molecule has 4 rings (SSSR count). The standard InChI is InChI=1S/C30H30ClF3N2O4/c1-16-13-23(35-15-21(16)25-24(39-29(33)34)12-11-22(31)26(25)32)20(14-17-5-6-17)27(37)36-19-9-7-18(8-10-19)28(38)40-30(2,3)4/h7-13,15,17,20,29H,5-6,14H2,1-4H3,(H,36,37). The van der Waals surface area contributed by atoms with Gasteiger partial charge in [0.05, 0.1) is 27.8 Å². The number of halogens is 4. The number of anilines is 1. The van der Waals surface area contributed by atoms with Gasteiger partial charge in [0, 0.05) is 17.4 Å². The number of hydrogen-bond acceptors (Lipinski definition) is 5. The minimum atomic E-state index is -3.16. The van der Waals surface area contributed by atoms with E-state index in [1.54, 1.807) is 58.0 Å². The summed E-state index contributed by atoms with van der Waals surface area (Å²) in [5.74, 6) is -2.24. The van der Waals surface area contributed by atoms with Crippen molar-refractivity contribution in [3.8, 4) is 16.9 Å². The van der Waals surface area contributed by atoms with Crippen molar-refractivity contribution in [2.75, 3.05) is 5.32 Å². The summed E-state index contributed by atoms with van der Waals surface area (Å²) in [6.07, 6.45) is 3.93. The lowest BCUT2D eigenvalue weighted by molar-refractivity contribution is -0.117. The van der Waals surface area contributed by atoms with E-state index < -0.39 is 29.9 Å². The minimum absolute atomic E-state index is 0.224. The van der Waals surface area contributed by atoms with Gasteiger partial charge >= 0.3 is 12.6 Å². The van der Waals surface area contributed by atoms with Crippen LogP contribution in [0.3, 0.4) is 0 Å². The largest absolute Gasteiger partial charge is 0.456 e. The van der Waals surface area contributed by atoms with Crippen LogP contribution in [0.15, 0.2) is 48.7 Å². The van der Waals surface area contributed by atoms with Crippen LogP contribution in [0.25, 0.3) is 11.1 Å². The fraction of sp³-hybridized carbons (Fsp3) is 0.367. The first kappa shape index (κ1) is 29.4. The maximum atomic E-state index is 15.0. The van der Waals surface area contributed by atoms with Crippen LogP contribution in [0.1, 0.15) is 67.6 Å². The van der Waals surface area contributed by atoms with Crippen LogP contribution < -0.4 is 10.1 Å². The number of nitrogens with zero attached hydrogens (tertiary/aromatic N) is 1. The molecule has 1 unspecified atom stereocenters. The fourth-order valence-electron chi connectivity index (χ4n) is 4.31. The number of aromatic nitrogens is 1. The van der Waals surface area contributed by atoms with Gasteiger partial charge in [-0.2, -0.15) is 8.78 Å². The highest BCUT2D eigenvalue weighted by atomic mass is 35.5. The molecule has 1 atom stereocenters. The summed E-state index contributed by atoms with van der Waals surface area (Å²) in [7, 11) is 0. The SMILES string of the molecule is Cc1cc(C(CC2CC2)C(=O)Nc2ccc(C(=O)OC(C)(C)C)cc2)ncc1-c1c(OC(F)F)ccc(Cl)c1F. The molecule has 1 aliphatic rings. The molecule has 6 nitrogen and oxygen atoms in total. The molecule has 3 aromatic rings. The van der Waals surface area contributed by atoms with E-state index in [4.69, 9.17) is 16.3 Å². The Kier molecular flexibility index (Phi) is 8.73. The molecule has 0 aliphatic heterocycles. The third kappa shape index (κ3) is 7.33. The average Bonchev–Trinajstić information content (AvgIpc) is 3.69. The van der Waals surface area contributed by atoms with E-state index in [0.29, 0.717) is 34.8 Å². The zero-order valence-electron chi connectivity index (χ0n) is 22.6. The molecule has 1 fully saturated rings. The fourth-order valence-corrected chi connectivity index (χ4v) is 4.47. The highest BCUT2D eigenvalue weighted by Crippen LogP contribution is 2.41. The normalized spacial score (nSPS) is 14.1. The Hall–Kier alpha value is -3.59. The van der Waals surface area contributed by atoms with Crippen molar-refractivity contribution < 1.29 is 32.2 Å². The van der Waals surface area contributed by atoms with E-state index >= 15 is 0 Å². The van der Waals surface area contributed by atoms with Crippen molar-refractivity contribution in [2.24, 2.45) is 5.92 Å². The maximum absolute atomic E-state index is 15.0. The van der Waals surface area contributed by atoms with Crippen LogP contribution in [-0.4, -0.2) is 29.1 Å². The number of rotatable bonds is 9. The first-order valence-corrected chi connectivity index (χ1v) is 13.2. The number of benzene rings is 2. The summed E-state index contributed by atoms with van der Waals surface area (Å²) in [4.78, 5) is 30.1. The van der Waals surface area contributed by atoms with Crippen molar-refractivity contribution in [1.82, 2.24) is 4.98 Å². The van der Waals surface area contributed by atoms with Crippen LogP contribution in [0.5, 0.6) is 5.75 Å². The van der Waals surface area contributed by atoms with Crippen molar-refractivity contribution >= 4 is 29.2 Å². The molecule has 2 aromatic carbocycles. The Bertz CT molecular complexity index is 1400. The van der Waals surface area contributed by atoms with Gasteiger partial charge in [0.2, 0.25) is 5.91 Å². The van der Waals surface area contributed by atoms with Gasteiger partial charge in [-0.3, -0.25) is 9.78 Å². The van der Waals surface area contributed by atoms with Crippen molar-refractivity contribution in [2.45, 2.75) is 65.1 Å². The Morgan fingerprint density at radius 1 is 1.12 bits per heavy atom. The Labute approximate surface area is 235 Å². The average molecular weight is 575 g/mol. The first-order chi connectivity index (χ1) is 18.8. The molecule has 10 heteroatoms. The van der Waals surface area contributed by atoms with Crippen molar-refractivity contribution in [3.63, 3.8) is 0 Å². The van der Waals surface area contributed by atoms with Gasteiger partial charge in [-0.05, 0) is 88.1 Å². The molecule has 0 radical (unpaired) electrons.